The van der Waals surface area contributed by atoms with Crippen LogP contribution in [0.4, 0.5) is 11.8 Å². The van der Waals surface area contributed by atoms with Crippen LogP contribution in [-0.2, 0) is 4.74 Å². The Hall–Kier alpha value is -3.18. The zero-order valence-corrected chi connectivity index (χ0v) is 17.4. The second kappa shape index (κ2) is 7.58. The summed E-state index contributed by atoms with van der Waals surface area (Å²) in [7, 11) is 0. The normalized spacial score (nSPS) is 14.7. The maximum atomic E-state index is 5.63. The third-order valence-electron chi connectivity index (χ3n) is 4.76. The van der Waals surface area contributed by atoms with Gasteiger partial charge in [-0.25, -0.2) is 19.9 Å². The molecular formula is C19H20N8O2S. The molecule has 5 rings (SSSR count). The van der Waals surface area contributed by atoms with Gasteiger partial charge >= 0.3 is 0 Å². The SMILES string of the molecule is CC(C)c1noc(-c2cc3nc(-c4cnc(N)nc4)nc(N4CCOCC4)c3s2)n1. The molecule has 1 aliphatic rings. The van der Waals surface area contributed by atoms with Gasteiger partial charge in [-0.2, -0.15) is 4.98 Å². The van der Waals surface area contributed by atoms with Crippen LogP contribution in [0.2, 0.25) is 0 Å². The number of anilines is 2. The predicted octanol–water partition coefficient (Wildman–Crippen LogP) is 2.74. The highest BCUT2D eigenvalue weighted by Crippen LogP contribution is 2.38. The molecule has 1 aliphatic heterocycles. The lowest BCUT2D eigenvalue weighted by Gasteiger charge is -2.28. The van der Waals surface area contributed by atoms with Crippen LogP contribution in [-0.4, -0.2) is 56.4 Å². The van der Waals surface area contributed by atoms with Crippen molar-refractivity contribution < 1.29 is 9.26 Å². The minimum absolute atomic E-state index is 0.192. The summed E-state index contributed by atoms with van der Waals surface area (Å²) in [5.74, 6) is 2.98. The first-order valence-corrected chi connectivity index (χ1v) is 10.5. The number of hydrogen-bond acceptors (Lipinski definition) is 11. The maximum absolute atomic E-state index is 5.63. The Morgan fingerprint density at radius 3 is 2.57 bits per heavy atom. The molecule has 30 heavy (non-hydrogen) atoms. The predicted molar refractivity (Wildman–Crippen MR) is 113 cm³/mol. The van der Waals surface area contributed by atoms with Gasteiger partial charge in [0, 0.05) is 31.4 Å². The largest absolute Gasteiger partial charge is 0.378 e. The van der Waals surface area contributed by atoms with Crippen LogP contribution in [0.3, 0.4) is 0 Å². The van der Waals surface area contributed by atoms with Gasteiger partial charge in [-0.15, -0.1) is 11.3 Å². The molecule has 0 atom stereocenters. The van der Waals surface area contributed by atoms with Gasteiger partial charge in [-0.1, -0.05) is 19.0 Å². The van der Waals surface area contributed by atoms with Crippen LogP contribution in [0.15, 0.2) is 23.0 Å². The van der Waals surface area contributed by atoms with Crippen LogP contribution in [0.5, 0.6) is 0 Å². The summed E-state index contributed by atoms with van der Waals surface area (Å²) in [4.78, 5) is 25.3. The van der Waals surface area contributed by atoms with E-state index in [2.05, 4.69) is 25.0 Å². The van der Waals surface area contributed by atoms with Crippen LogP contribution < -0.4 is 10.6 Å². The third-order valence-corrected chi connectivity index (χ3v) is 5.87. The molecule has 0 bridgehead atoms. The lowest BCUT2D eigenvalue weighted by Crippen LogP contribution is -2.36. The zero-order valence-electron chi connectivity index (χ0n) is 16.6. The number of fused-ring (bicyclic) bond motifs is 1. The summed E-state index contributed by atoms with van der Waals surface area (Å²) in [6.45, 7) is 6.89. The molecule has 4 aromatic rings. The summed E-state index contributed by atoms with van der Waals surface area (Å²) in [5.41, 5.74) is 7.14. The number of nitrogen functional groups attached to an aromatic ring is 1. The smallest absolute Gasteiger partial charge is 0.268 e. The standard InChI is InChI=1S/C19H20N8O2S/c1-10(2)15-25-18(29-26-15)13-7-12-14(30-13)17(27-3-5-28-6-4-27)24-16(23-12)11-8-21-19(20)22-9-11/h7-10H,3-6H2,1-2H3,(H2,20,21,22). The van der Waals surface area contributed by atoms with Crippen molar-refractivity contribution >= 4 is 33.3 Å². The molecule has 0 unspecified atom stereocenters. The number of nitrogens with zero attached hydrogens (tertiary/aromatic N) is 7. The van der Waals surface area contributed by atoms with E-state index in [1.54, 1.807) is 23.7 Å². The fraction of sp³-hybridized carbons (Fsp3) is 0.368. The molecule has 0 saturated carbocycles. The topological polar surface area (TPSA) is 129 Å². The molecule has 0 radical (unpaired) electrons. The molecule has 0 amide bonds. The first kappa shape index (κ1) is 18.8. The first-order valence-electron chi connectivity index (χ1n) is 9.64. The van der Waals surface area contributed by atoms with E-state index in [1.165, 1.54) is 0 Å². The molecule has 0 spiro atoms. The molecule has 4 aromatic heterocycles. The fourth-order valence-electron chi connectivity index (χ4n) is 3.16. The molecule has 0 aliphatic carbocycles. The number of aromatic nitrogens is 6. The van der Waals surface area contributed by atoms with Crippen molar-refractivity contribution in [2.24, 2.45) is 0 Å². The van der Waals surface area contributed by atoms with E-state index in [9.17, 15) is 0 Å². The van der Waals surface area contributed by atoms with Crippen molar-refractivity contribution in [3.63, 3.8) is 0 Å². The van der Waals surface area contributed by atoms with E-state index in [4.69, 9.17) is 25.0 Å². The van der Waals surface area contributed by atoms with Crippen LogP contribution in [0.1, 0.15) is 25.6 Å². The Balaban J connectivity index is 1.64. The Bertz CT molecular complexity index is 1180. The number of morpholine rings is 1. The van der Waals surface area contributed by atoms with Gasteiger partial charge in [0.1, 0.15) is 0 Å². The monoisotopic (exact) mass is 424 g/mol. The van der Waals surface area contributed by atoms with Gasteiger partial charge in [-0.3, -0.25) is 0 Å². The van der Waals surface area contributed by atoms with Gasteiger partial charge in [0.15, 0.2) is 17.5 Å². The highest BCUT2D eigenvalue weighted by Gasteiger charge is 2.22. The Morgan fingerprint density at radius 1 is 1.10 bits per heavy atom. The summed E-state index contributed by atoms with van der Waals surface area (Å²) >= 11 is 1.55. The van der Waals surface area contributed by atoms with Gasteiger partial charge in [0.05, 0.1) is 33.9 Å². The fourth-order valence-corrected chi connectivity index (χ4v) is 4.20. The Morgan fingerprint density at radius 2 is 1.87 bits per heavy atom. The molecule has 1 saturated heterocycles. The number of thiophene rings is 1. The van der Waals surface area contributed by atoms with Crippen molar-refractivity contribution in [2.75, 3.05) is 36.9 Å². The van der Waals surface area contributed by atoms with Gasteiger partial charge in [-0.05, 0) is 6.07 Å². The molecular weight excluding hydrogens is 404 g/mol. The average Bonchev–Trinajstić information content (AvgIpc) is 3.41. The van der Waals surface area contributed by atoms with Crippen molar-refractivity contribution in [3.05, 3.63) is 24.3 Å². The van der Waals surface area contributed by atoms with Crippen LogP contribution in [0, 0.1) is 0 Å². The lowest BCUT2D eigenvalue weighted by molar-refractivity contribution is 0.122. The third kappa shape index (κ3) is 3.46. The van der Waals surface area contributed by atoms with Gasteiger partial charge < -0.3 is 19.9 Å². The second-order valence-electron chi connectivity index (χ2n) is 7.24. The minimum atomic E-state index is 0.192. The van der Waals surface area contributed by atoms with E-state index in [0.29, 0.717) is 36.3 Å². The van der Waals surface area contributed by atoms with E-state index < -0.39 is 0 Å². The Kier molecular flexibility index (Phi) is 4.75. The summed E-state index contributed by atoms with van der Waals surface area (Å²) < 4.78 is 12.0. The zero-order chi connectivity index (χ0) is 20.7. The molecule has 10 nitrogen and oxygen atoms in total. The van der Waals surface area contributed by atoms with Gasteiger partial charge in [0.2, 0.25) is 5.95 Å². The summed E-state index contributed by atoms with van der Waals surface area (Å²) in [6.07, 6.45) is 3.26. The number of ether oxygens (including phenoxy) is 1. The maximum Gasteiger partial charge on any atom is 0.268 e. The second-order valence-corrected chi connectivity index (χ2v) is 8.29. The van der Waals surface area contributed by atoms with Crippen molar-refractivity contribution in [1.82, 2.24) is 30.1 Å². The highest BCUT2D eigenvalue weighted by atomic mass is 32.1. The van der Waals surface area contributed by atoms with Crippen molar-refractivity contribution in [2.45, 2.75) is 19.8 Å². The molecule has 0 aromatic carbocycles. The molecule has 2 N–H and O–H groups in total. The number of nitrogens with two attached hydrogens (primary N) is 1. The quantitative estimate of drug-likeness (QED) is 0.522. The number of rotatable bonds is 4. The van der Waals surface area contributed by atoms with Crippen molar-refractivity contribution in [1.29, 1.82) is 0 Å². The molecule has 1 fully saturated rings. The number of hydrogen-bond donors (Lipinski definition) is 1. The van der Waals surface area contributed by atoms with E-state index in [0.717, 1.165) is 34.0 Å². The van der Waals surface area contributed by atoms with E-state index in [1.807, 2.05) is 19.9 Å². The Labute approximate surface area is 176 Å². The van der Waals surface area contributed by atoms with Gasteiger partial charge in [0.25, 0.3) is 5.89 Å². The molecule has 11 heteroatoms. The lowest BCUT2D eigenvalue weighted by atomic mass is 10.2. The molecule has 154 valence electrons. The summed E-state index contributed by atoms with van der Waals surface area (Å²) in [5, 5.41) is 4.08. The van der Waals surface area contributed by atoms with E-state index >= 15 is 0 Å². The minimum Gasteiger partial charge on any atom is -0.378 e. The molecule has 5 heterocycles. The first-order chi connectivity index (χ1) is 14.6. The van der Waals surface area contributed by atoms with E-state index in [-0.39, 0.29) is 11.9 Å². The summed E-state index contributed by atoms with van der Waals surface area (Å²) in [6, 6.07) is 1.96. The highest BCUT2D eigenvalue weighted by molar-refractivity contribution is 7.22. The van der Waals surface area contributed by atoms with Crippen LogP contribution in [0.25, 0.3) is 32.4 Å². The average molecular weight is 424 g/mol. The van der Waals surface area contributed by atoms with Crippen LogP contribution >= 0.6 is 11.3 Å². The van der Waals surface area contributed by atoms with Crippen molar-refractivity contribution in [3.8, 4) is 22.2 Å².